The Bertz CT molecular complexity index is 1440. The zero-order valence-electron chi connectivity index (χ0n) is 20.6. The lowest BCUT2D eigenvalue weighted by Gasteiger charge is -2.17. The third-order valence-electron chi connectivity index (χ3n) is 6.06. The van der Waals surface area contributed by atoms with Crippen LogP contribution in [0.3, 0.4) is 0 Å². The molecule has 8 heteroatoms. The Hall–Kier alpha value is -4.09. The molecule has 4 rings (SSSR count). The van der Waals surface area contributed by atoms with Gasteiger partial charge in [0.2, 0.25) is 0 Å². The van der Waals surface area contributed by atoms with Gasteiger partial charge in [0.05, 0.1) is 18.3 Å². The number of rotatable bonds is 9. The molecule has 0 radical (unpaired) electrons. The molecule has 1 N–H and O–H groups in total. The lowest BCUT2D eigenvalue weighted by Crippen LogP contribution is -2.31. The topological polar surface area (TPSA) is 77.2 Å². The van der Waals surface area contributed by atoms with Gasteiger partial charge in [-0.2, -0.15) is 0 Å². The van der Waals surface area contributed by atoms with Crippen molar-refractivity contribution in [2.75, 3.05) is 32.1 Å². The molecular weight excluding hydrogens is 440 g/mol. The largest absolute Gasteiger partial charge is 0.494 e. The first-order valence-electron chi connectivity index (χ1n) is 11.7. The first-order chi connectivity index (χ1) is 17.0. The summed E-state index contributed by atoms with van der Waals surface area (Å²) in [5.41, 5.74) is 2.79. The Morgan fingerprint density at radius 1 is 1.14 bits per heavy atom. The summed E-state index contributed by atoms with van der Waals surface area (Å²) in [5, 5.41) is 4.12. The van der Waals surface area contributed by atoms with Crippen LogP contribution >= 0.6 is 0 Å². The summed E-state index contributed by atoms with van der Waals surface area (Å²) in [6.45, 7) is 9.40. The van der Waals surface area contributed by atoms with E-state index in [1.165, 1.54) is 0 Å². The fraction of sp³-hybridized carbons (Fsp3) is 0.296. The van der Waals surface area contributed by atoms with E-state index in [0.29, 0.717) is 35.1 Å². The van der Waals surface area contributed by atoms with Crippen molar-refractivity contribution in [1.82, 2.24) is 24.0 Å². The van der Waals surface area contributed by atoms with E-state index in [2.05, 4.69) is 40.0 Å². The molecule has 0 saturated carbocycles. The zero-order chi connectivity index (χ0) is 24.9. The molecule has 0 spiro atoms. The number of hydrogen-bond acceptors (Lipinski definition) is 6. The minimum absolute atomic E-state index is 0.126. The molecule has 2 aromatic heterocycles. The number of aryl methyl sites for hydroxylation is 1. The van der Waals surface area contributed by atoms with Gasteiger partial charge in [0.15, 0.2) is 0 Å². The number of anilines is 2. The molecule has 0 aliphatic rings. The van der Waals surface area contributed by atoms with Crippen LogP contribution in [0.2, 0.25) is 0 Å². The van der Waals surface area contributed by atoms with Crippen LogP contribution in [0, 0.1) is 19.3 Å². The summed E-state index contributed by atoms with van der Waals surface area (Å²) in [4.78, 5) is 24.7. The minimum atomic E-state index is -0.126. The predicted molar refractivity (Wildman–Crippen MR) is 140 cm³/mol. The highest BCUT2D eigenvalue weighted by Gasteiger charge is 2.16. The number of likely N-dealkylation sites (N-methyl/N-ethyl adjacent to an activating group) is 1. The van der Waals surface area contributed by atoms with Crippen LogP contribution in [0.4, 0.5) is 11.5 Å². The van der Waals surface area contributed by atoms with Crippen molar-refractivity contribution in [2.24, 2.45) is 0 Å². The monoisotopic (exact) mass is 470 g/mol. The van der Waals surface area contributed by atoms with E-state index in [4.69, 9.17) is 11.2 Å². The van der Waals surface area contributed by atoms with E-state index < -0.39 is 0 Å². The third kappa shape index (κ3) is 5.05. The van der Waals surface area contributed by atoms with Crippen LogP contribution in [0.5, 0.6) is 5.75 Å². The smallest absolute Gasteiger partial charge is 0.332 e. The lowest BCUT2D eigenvalue weighted by atomic mass is 10.1. The number of benzene rings is 2. The molecule has 4 aromatic rings. The quantitative estimate of drug-likeness (QED) is 0.373. The molecule has 0 aliphatic heterocycles. The van der Waals surface area contributed by atoms with Crippen LogP contribution in [-0.4, -0.2) is 50.7 Å². The highest BCUT2D eigenvalue weighted by molar-refractivity contribution is 5.94. The molecule has 8 nitrogen and oxygen atoms in total. The second-order valence-electron chi connectivity index (χ2n) is 8.18. The van der Waals surface area contributed by atoms with E-state index in [1.807, 2.05) is 49.5 Å². The van der Waals surface area contributed by atoms with Crippen LogP contribution in [0.15, 0.2) is 53.6 Å². The average molecular weight is 471 g/mol. The molecule has 0 unspecified atom stereocenters. The number of imidazole rings is 1. The van der Waals surface area contributed by atoms with Gasteiger partial charge in [-0.05, 0) is 44.3 Å². The van der Waals surface area contributed by atoms with Gasteiger partial charge >= 0.3 is 5.69 Å². The molecule has 0 saturated heterocycles. The van der Waals surface area contributed by atoms with Crippen LogP contribution in [0.25, 0.3) is 16.6 Å². The molecule has 0 bridgehead atoms. The molecular formula is C27H30N6O2. The highest BCUT2D eigenvalue weighted by atomic mass is 16.5. The maximum absolute atomic E-state index is 13.2. The maximum Gasteiger partial charge on any atom is 0.332 e. The molecule has 2 heterocycles. The zero-order valence-corrected chi connectivity index (χ0v) is 20.6. The third-order valence-corrected chi connectivity index (χ3v) is 6.06. The van der Waals surface area contributed by atoms with E-state index in [-0.39, 0.29) is 5.69 Å². The lowest BCUT2D eigenvalue weighted by molar-refractivity contribution is 0.289. The molecule has 0 atom stereocenters. The van der Waals surface area contributed by atoms with E-state index >= 15 is 0 Å². The first kappa shape index (κ1) is 24.0. The normalized spacial score (nSPS) is 11.1. The average Bonchev–Trinajstić information content (AvgIpc) is 3.23. The number of nitrogens with one attached hydrogen (secondary N) is 1. The van der Waals surface area contributed by atoms with Gasteiger partial charge < -0.3 is 15.0 Å². The number of ether oxygens (including phenoxy) is 1. The van der Waals surface area contributed by atoms with E-state index in [1.54, 1.807) is 22.4 Å². The van der Waals surface area contributed by atoms with Gasteiger partial charge in [-0.3, -0.25) is 9.13 Å². The van der Waals surface area contributed by atoms with Crippen molar-refractivity contribution in [1.29, 1.82) is 0 Å². The van der Waals surface area contributed by atoms with E-state index in [0.717, 1.165) is 36.3 Å². The fourth-order valence-corrected chi connectivity index (χ4v) is 4.09. The first-order valence-corrected chi connectivity index (χ1v) is 11.7. The summed E-state index contributed by atoms with van der Waals surface area (Å²) < 4.78 is 8.97. The Morgan fingerprint density at radius 3 is 2.66 bits per heavy atom. The molecule has 35 heavy (non-hydrogen) atoms. The second-order valence-corrected chi connectivity index (χ2v) is 8.18. The molecule has 0 fully saturated rings. The molecule has 0 amide bonds. The standard InChI is InChI=1S/C27H30N6O2/c1-6-20-10-9-11-21(16-20)30-26-22-17-24(25(35-5)18-23(22)28-19(4)29-26)33-15-14-32(27(33)34)13-12-31(7-2)8-3/h1,9-11,14-18H,7-8,12-13H2,2-5H3,(H,28,29,30). The molecule has 0 aliphatic carbocycles. The van der Waals surface area contributed by atoms with Gasteiger partial charge in [-0.1, -0.05) is 25.8 Å². The van der Waals surface area contributed by atoms with Gasteiger partial charge in [0, 0.05) is 48.2 Å². The van der Waals surface area contributed by atoms with Crippen molar-refractivity contribution in [3.05, 3.63) is 70.7 Å². The summed E-state index contributed by atoms with van der Waals surface area (Å²) >= 11 is 0. The number of methoxy groups -OCH3 is 1. The number of terminal acetylenes is 1. The Balaban J connectivity index is 1.78. The number of nitrogens with zero attached hydrogens (tertiary/aromatic N) is 5. The van der Waals surface area contributed by atoms with Crippen molar-refractivity contribution < 1.29 is 4.74 Å². The van der Waals surface area contributed by atoms with Gasteiger partial charge in [-0.25, -0.2) is 14.8 Å². The molecule has 180 valence electrons. The van der Waals surface area contributed by atoms with Crippen molar-refractivity contribution >= 4 is 22.4 Å². The number of fused-ring (bicyclic) bond motifs is 1. The maximum atomic E-state index is 13.2. The summed E-state index contributed by atoms with van der Waals surface area (Å²) in [5.74, 6) is 4.44. The Labute approximate surface area is 205 Å². The highest BCUT2D eigenvalue weighted by Crippen LogP contribution is 2.32. The van der Waals surface area contributed by atoms with Gasteiger partial charge in [-0.15, -0.1) is 6.42 Å². The van der Waals surface area contributed by atoms with E-state index in [9.17, 15) is 4.79 Å². The van der Waals surface area contributed by atoms with Crippen molar-refractivity contribution in [3.8, 4) is 23.8 Å². The Morgan fingerprint density at radius 2 is 1.94 bits per heavy atom. The van der Waals surface area contributed by atoms with Crippen molar-refractivity contribution in [2.45, 2.75) is 27.3 Å². The van der Waals surface area contributed by atoms with Crippen LogP contribution in [0.1, 0.15) is 25.2 Å². The van der Waals surface area contributed by atoms with Gasteiger partial charge in [0.25, 0.3) is 0 Å². The fourth-order valence-electron chi connectivity index (χ4n) is 4.09. The molecule has 2 aromatic carbocycles. The number of hydrogen-bond donors (Lipinski definition) is 1. The minimum Gasteiger partial charge on any atom is -0.494 e. The second kappa shape index (κ2) is 10.5. The van der Waals surface area contributed by atoms with Crippen LogP contribution in [-0.2, 0) is 6.54 Å². The summed E-state index contributed by atoms with van der Waals surface area (Å²) in [6.07, 6.45) is 9.14. The number of aromatic nitrogens is 4. The SMILES string of the molecule is C#Cc1cccc(Nc2nc(C)nc3cc(OC)c(-n4ccn(CCN(CC)CC)c4=O)cc23)c1. The van der Waals surface area contributed by atoms with Crippen molar-refractivity contribution in [3.63, 3.8) is 0 Å². The Kier molecular flexibility index (Phi) is 7.18. The van der Waals surface area contributed by atoms with Gasteiger partial charge in [0.1, 0.15) is 17.4 Å². The van der Waals surface area contributed by atoms with Crippen LogP contribution < -0.4 is 15.7 Å². The summed E-state index contributed by atoms with van der Waals surface area (Å²) in [6, 6.07) is 11.3. The summed E-state index contributed by atoms with van der Waals surface area (Å²) in [7, 11) is 1.59. The predicted octanol–water partition coefficient (Wildman–Crippen LogP) is 3.97.